The molecule has 1 aromatic heterocycles. The molecule has 19 heteroatoms. The molecule has 4 heterocycles. The van der Waals surface area contributed by atoms with Crippen molar-refractivity contribution in [2.45, 2.75) is 75.0 Å². The summed E-state index contributed by atoms with van der Waals surface area (Å²) in [6.45, 7) is 4.40. The molecule has 1 unspecified atom stereocenters. The van der Waals surface area contributed by atoms with Crippen LogP contribution in [0.2, 0.25) is 0 Å². The average Bonchev–Trinajstić information content (AvgIpc) is 3.26. The first-order valence-corrected chi connectivity index (χ1v) is 20.5. The highest BCUT2D eigenvalue weighted by Gasteiger charge is 2.39. The third-order valence-electron chi connectivity index (χ3n) is 11.7. The number of rotatable bonds is 12. The van der Waals surface area contributed by atoms with E-state index in [2.05, 4.69) is 54.9 Å². The lowest BCUT2D eigenvalue weighted by atomic mass is 9.72. The van der Waals surface area contributed by atoms with Gasteiger partial charge in [0.15, 0.2) is 23.5 Å². The first kappa shape index (κ1) is 46.1. The Morgan fingerprint density at radius 1 is 0.937 bits per heavy atom. The number of aliphatic carboxylic acids is 1. The highest BCUT2D eigenvalue weighted by atomic mass is 19.4. The quantitative estimate of drug-likeness (QED) is 0.0843. The molecule has 3 saturated heterocycles. The Bertz CT molecular complexity index is 2250. The Kier molecular flexibility index (Phi) is 14.8. The maximum Gasteiger partial charge on any atom is 0.490 e. The lowest BCUT2D eigenvalue weighted by Crippen LogP contribution is -2.49. The van der Waals surface area contributed by atoms with Gasteiger partial charge in [0, 0.05) is 55.9 Å². The number of carbonyl (C=O) groups excluding carboxylic acids is 3. The molecule has 0 bridgehead atoms. The third kappa shape index (κ3) is 12.0. The van der Waals surface area contributed by atoms with Crippen LogP contribution in [0.5, 0.6) is 11.5 Å². The molecular formula is C44H48F5N7O7. The summed E-state index contributed by atoms with van der Waals surface area (Å²) in [7, 11) is 0. The number of alkyl halides is 3. The molecule has 3 aliphatic heterocycles. The number of hydrogen-bond donors (Lipinski definition) is 5. The summed E-state index contributed by atoms with van der Waals surface area (Å²) in [5, 5.41) is 31.0. The van der Waals surface area contributed by atoms with Gasteiger partial charge in [0.1, 0.15) is 11.6 Å². The summed E-state index contributed by atoms with van der Waals surface area (Å²) >= 11 is 0. The van der Waals surface area contributed by atoms with Gasteiger partial charge in [-0.05, 0) is 93.0 Å². The highest BCUT2D eigenvalue weighted by molar-refractivity contribution is 5.99. The second-order valence-electron chi connectivity index (χ2n) is 15.8. The number of aromatic hydroxyl groups is 1. The van der Waals surface area contributed by atoms with Crippen LogP contribution in [0.4, 0.5) is 33.5 Å². The van der Waals surface area contributed by atoms with Gasteiger partial charge in [-0.2, -0.15) is 13.2 Å². The molecule has 4 aromatic rings. The number of carboxylic acid groups (broad SMARTS) is 1. The van der Waals surface area contributed by atoms with E-state index in [0.717, 1.165) is 50.5 Å². The number of imide groups is 1. The fourth-order valence-corrected chi connectivity index (χ4v) is 8.15. The fourth-order valence-electron chi connectivity index (χ4n) is 8.15. The van der Waals surface area contributed by atoms with Crippen LogP contribution in [0.3, 0.4) is 0 Å². The third-order valence-corrected chi connectivity index (χ3v) is 11.7. The minimum Gasteiger partial charge on any atom is -0.504 e. The molecule has 0 radical (unpaired) electrons. The van der Waals surface area contributed by atoms with Crippen molar-refractivity contribution in [2.75, 3.05) is 49.9 Å². The number of benzene rings is 3. The second-order valence-corrected chi connectivity index (χ2v) is 15.8. The van der Waals surface area contributed by atoms with E-state index in [4.69, 9.17) is 20.4 Å². The lowest BCUT2D eigenvalue weighted by molar-refractivity contribution is -0.192. The number of amides is 3. The van der Waals surface area contributed by atoms with Gasteiger partial charge in [-0.25, -0.2) is 13.6 Å². The fraction of sp³-hybridized carbons (Fsp3) is 0.409. The van der Waals surface area contributed by atoms with Gasteiger partial charge in [0.2, 0.25) is 11.8 Å². The van der Waals surface area contributed by atoms with E-state index in [1.165, 1.54) is 5.56 Å². The Balaban J connectivity index is 0.000000871. The van der Waals surface area contributed by atoms with Gasteiger partial charge < -0.3 is 35.8 Å². The van der Waals surface area contributed by atoms with Crippen LogP contribution in [0.1, 0.15) is 68.4 Å². The van der Waals surface area contributed by atoms with Gasteiger partial charge in [0.25, 0.3) is 5.91 Å². The number of hydrogen-bond acceptors (Lipinski definition) is 11. The van der Waals surface area contributed by atoms with Crippen LogP contribution in [0.25, 0.3) is 11.3 Å². The number of ether oxygens (including phenoxy) is 1. The molecule has 0 spiro atoms. The molecular weight excluding hydrogens is 834 g/mol. The maximum atomic E-state index is 14.1. The van der Waals surface area contributed by atoms with Gasteiger partial charge in [-0.15, -0.1) is 10.2 Å². The molecule has 0 saturated carbocycles. The monoisotopic (exact) mass is 881 g/mol. The van der Waals surface area contributed by atoms with Crippen molar-refractivity contribution in [2.24, 2.45) is 0 Å². The van der Waals surface area contributed by atoms with Gasteiger partial charge in [-0.1, -0.05) is 42.5 Å². The number of piperidine rings is 3. The number of anilines is 2. The van der Waals surface area contributed by atoms with Gasteiger partial charge in [-0.3, -0.25) is 19.7 Å². The Morgan fingerprint density at radius 3 is 2.24 bits per heavy atom. The van der Waals surface area contributed by atoms with Crippen LogP contribution in [0.15, 0.2) is 72.8 Å². The standard InChI is InChI=1S/C42H47F2N7O5.C2HF3O2/c43-30-23-32(39(54)33(44)24-30)34-25-35(40(45)49-48-34)51-21-16-42(17-22-51,29-5-2-1-3-6-29)26-46-37(52)7-4-18-50-19-14-28(15-20-50)27-8-10-31(11-9-27)56-36-12-13-38(53)47-41(36)55;3-2(4,5)1(6)7/h1-3,5-6,8-11,23-25,28,36,54H,4,7,12-22,26H2,(H2,45,49)(H,46,52)(H,47,53,55);(H,6,7). The van der Waals surface area contributed by atoms with E-state index in [1.54, 1.807) is 6.07 Å². The number of likely N-dealkylation sites (tertiary alicyclic amines) is 1. The van der Waals surface area contributed by atoms with Crippen molar-refractivity contribution in [3.05, 3.63) is 95.6 Å². The number of phenolic OH excluding ortho intramolecular Hbond substituents is 1. The predicted octanol–water partition coefficient (Wildman–Crippen LogP) is 5.84. The van der Waals surface area contributed by atoms with E-state index < -0.39 is 35.6 Å². The van der Waals surface area contributed by atoms with E-state index in [-0.39, 0.29) is 46.6 Å². The Hall–Kier alpha value is -6.37. The minimum atomic E-state index is -5.08. The van der Waals surface area contributed by atoms with Crippen LogP contribution in [-0.4, -0.2) is 101 Å². The molecule has 1 atom stereocenters. The van der Waals surface area contributed by atoms with E-state index >= 15 is 0 Å². The summed E-state index contributed by atoms with van der Waals surface area (Å²) in [5.41, 5.74) is 8.86. The summed E-state index contributed by atoms with van der Waals surface area (Å²) in [5.74, 6) is -4.81. The van der Waals surface area contributed by atoms with Crippen molar-refractivity contribution < 1.29 is 56.1 Å². The van der Waals surface area contributed by atoms with E-state index in [0.29, 0.717) is 68.7 Å². The smallest absolute Gasteiger partial charge is 0.490 e. The zero-order valence-corrected chi connectivity index (χ0v) is 34.2. The highest BCUT2D eigenvalue weighted by Crippen LogP contribution is 2.39. The number of carbonyl (C=O) groups is 4. The van der Waals surface area contributed by atoms with Crippen molar-refractivity contribution in [1.82, 2.24) is 25.7 Å². The summed E-state index contributed by atoms with van der Waals surface area (Å²) in [6.07, 6.45) is -0.433. The number of nitrogens with two attached hydrogens (primary N) is 1. The van der Waals surface area contributed by atoms with Crippen molar-refractivity contribution in [3.8, 4) is 22.8 Å². The minimum absolute atomic E-state index is 0.0200. The van der Waals surface area contributed by atoms with E-state index in [1.807, 2.05) is 30.3 Å². The van der Waals surface area contributed by atoms with Crippen molar-refractivity contribution in [3.63, 3.8) is 0 Å². The largest absolute Gasteiger partial charge is 0.504 e. The maximum absolute atomic E-state index is 14.1. The zero-order valence-electron chi connectivity index (χ0n) is 34.2. The van der Waals surface area contributed by atoms with Gasteiger partial charge >= 0.3 is 12.1 Å². The summed E-state index contributed by atoms with van der Waals surface area (Å²) in [6, 6.07) is 21.3. The lowest BCUT2D eigenvalue weighted by Gasteiger charge is -2.43. The number of halogens is 5. The number of nitrogens with one attached hydrogen (secondary N) is 2. The van der Waals surface area contributed by atoms with Crippen molar-refractivity contribution >= 4 is 35.2 Å². The molecule has 336 valence electrons. The molecule has 6 N–H and O–H groups in total. The number of carboxylic acids is 1. The molecule has 3 aromatic carbocycles. The average molecular weight is 882 g/mol. The Labute approximate surface area is 359 Å². The Morgan fingerprint density at radius 2 is 1.60 bits per heavy atom. The first-order chi connectivity index (χ1) is 30.0. The molecule has 7 rings (SSSR count). The van der Waals surface area contributed by atoms with Crippen LogP contribution < -0.4 is 26.0 Å². The predicted molar refractivity (Wildman–Crippen MR) is 221 cm³/mol. The van der Waals surface area contributed by atoms with E-state index in [9.17, 15) is 41.4 Å². The molecule has 63 heavy (non-hydrogen) atoms. The normalized spacial score (nSPS) is 18.2. The molecule has 3 fully saturated rings. The summed E-state index contributed by atoms with van der Waals surface area (Å²) < 4.78 is 65.7. The number of nitrogen functional groups attached to an aromatic ring is 1. The summed E-state index contributed by atoms with van der Waals surface area (Å²) in [4.78, 5) is 50.0. The second kappa shape index (κ2) is 20.2. The molecule has 3 aliphatic rings. The van der Waals surface area contributed by atoms with Crippen LogP contribution in [0, 0.1) is 11.6 Å². The number of phenols is 1. The van der Waals surface area contributed by atoms with Crippen LogP contribution in [-0.2, 0) is 24.6 Å². The number of nitrogens with zero attached hydrogens (tertiary/aromatic N) is 4. The first-order valence-electron chi connectivity index (χ1n) is 20.5. The SMILES string of the molecule is Nc1nnc(-c2cc(F)cc(F)c2O)cc1N1CCC(CNC(=O)CCCN2CCC(c3ccc(OC4CCC(=O)NC4=O)cc3)CC2)(c2ccccc2)CC1.O=C(O)C(F)(F)F. The van der Waals surface area contributed by atoms with Crippen LogP contribution >= 0.6 is 0 Å². The van der Waals surface area contributed by atoms with Gasteiger partial charge in [0.05, 0.1) is 11.4 Å². The topological polar surface area (TPSA) is 200 Å². The molecule has 0 aliphatic carbocycles. The zero-order chi connectivity index (χ0) is 45.3. The molecule has 3 amide bonds. The number of aromatic nitrogens is 2. The molecule has 14 nitrogen and oxygen atoms in total. The van der Waals surface area contributed by atoms with Crippen molar-refractivity contribution in [1.29, 1.82) is 0 Å².